The summed E-state index contributed by atoms with van der Waals surface area (Å²) in [5.74, 6) is 0.300. The molecule has 1 aliphatic carbocycles. The van der Waals surface area contributed by atoms with Crippen molar-refractivity contribution in [2.45, 2.75) is 19.3 Å². The molecular formula is C19H20N4O2S. The summed E-state index contributed by atoms with van der Waals surface area (Å²) >= 11 is 1.71. The average Bonchev–Trinajstić information content (AvgIpc) is 3.21. The Morgan fingerprint density at radius 1 is 1.23 bits per heavy atom. The molecule has 2 heterocycles. The molecular weight excluding hydrogens is 348 g/mol. The Morgan fingerprint density at radius 2 is 2.04 bits per heavy atom. The number of amides is 1. The summed E-state index contributed by atoms with van der Waals surface area (Å²) in [5.41, 5.74) is 3.11. The minimum atomic E-state index is -0.207. The highest BCUT2D eigenvalue weighted by Gasteiger charge is 2.22. The first kappa shape index (κ1) is 16.8. The van der Waals surface area contributed by atoms with Crippen molar-refractivity contribution in [3.8, 4) is 5.88 Å². The van der Waals surface area contributed by atoms with Crippen LogP contribution >= 0.6 is 11.3 Å². The molecule has 1 amide bonds. The molecule has 6 nitrogen and oxygen atoms in total. The van der Waals surface area contributed by atoms with Crippen LogP contribution in [0.3, 0.4) is 0 Å². The summed E-state index contributed by atoms with van der Waals surface area (Å²) in [6.45, 7) is -0.0772. The Balaban J connectivity index is 1.44. The average molecular weight is 368 g/mol. The molecule has 0 fully saturated rings. The molecule has 1 aliphatic rings. The number of rotatable bonds is 5. The molecule has 134 valence electrons. The summed E-state index contributed by atoms with van der Waals surface area (Å²) in [7, 11) is 3.95. The highest BCUT2D eigenvalue weighted by atomic mass is 32.1. The SMILES string of the molecule is CN(C)c1ccc(NC(=O)COc2ncnc3sc4c(c23)CCC4)cc1. The third-order valence-electron chi connectivity index (χ3n) is 4.47. The number of nitrogens with one attached hydrogen (secondary N) is 1. The maximum absolute atomic E-state index is 12.2. The van der Waals surface area contributed by atoms with Gasteiger partial charge in [0.15, 0.2) is 6.61 Å². The number of hydrogen-bond acceptors (Lipinski definition) is 6. The number of thiophene rings is 1. The topological polar surface area (TPSA) is 67.4 Å². The third-order valence-corrected chi connectivity index (χ3v) is 5.67. The molecule has 7 heteroatoms. The molecule has 0 unspecified atom stereocenters. The Kier molecular flexibility index (Phi) is 4.46. The van der Waals surface area contributed by atoms with E-state index in [0.29, 0.717) is 5.88 Å². The van der Waals surface area contributed by atoms with Crippen molar-refractivity contribution in [3.63, 3.8) is 0 Å². The van der Waals surface area contributed by atoms with Crippen LogP contribution in [-0.4, -0.2) is 36.6 Å². The van der Waals surface area contributed by atoms with Crippen LogP contribution < -0.4 is 15.0 Å². The van der Waals surface area contributed by atoms with E-state index in [-0.39, 0.29) is 12.5 Å². The lowest BCUT2D eigenvalue weighted by Crippen LogP contribution is -2.20. The van der Waals surface area contributed by atoms with Gasteiger partial charge in [-0.05, 0) is 49.1 Å². The van der Waals surface area contributed by atoms with Crippen molar-refractivity contribution < 1.29 is 9.53 Å². The number of benzene rings is 1. The lowest BCUT2D eigenvalue weighted by molar-refractivity contribution is -0.118. The number of ether oxygens (including phenoxy) is 1. The van der Waals surface area contributed by atoms with Gasteiger partial charge in [-0.15, -0.1) is 11.3 Å². The molecule has 1 aromatic carbocycles. The van der Waals surface area contributed by atoms with E-state index in [0.717, 1.165) is 40.9 Å². The molecule has 0 saturated heterocycles. The molecule has 4 rings (SSSR count). The van der Waals surface area contributed by atoms with Crippen LogP contribution in [0, 0.1) is 0 Å². The first-order valence-electron chi connectivity index (χ1n) is 8.57. The normalized spacial score (nSPS) is 12.8. The summed E-state index contributed by atoms with van der Waals surface area (Å²) in [6.07, 6.45) is 4.79. The Hall–Kier alpha value is -2.67. The molecule has 0 saturated carbocycles. The van der Waals surface area contributed by atoms with Crippen LogP contribution in [0.1, 0.15) is 16.9 Å². The van der Waals surface area contributed by atoms with E-state index in [1.807, 2.05) is 43.3 Å². The van der Waals surface area contributed by atoms with Crippen LogP contribution in [0.2, 0.25) is 0 Å². The highest BCUT2D eigenvalue weighted by Crippen LogP contribution is 2.39. The predicted molar refractivity (Wildman–Crippen MR) is 104 cm³/mol. The molecule has 0 aliphatic heterocycles. The highest BCUT2D eigenvalue weighted by molar-refractivity contribution is 7.18. The van der Waals surface area contributed by atoms with Crippen molar-refractivity contribution in [1.29, 1.82) is 0 Å². The van der Waals surface area contributed by atoms with Gasteiger partial charge in [-0.1, -0.05) is 0 Å². The Bertz CT molecular complexity index is 950. The Labute approximate surface area is 155 Å². The van der Waals surface area contributed by atoms with Gasteiger partial charge in [-0.3, -0.25) is 4.79 Å². The zero-order chi connectivity index (χ0) is 18.1. The van der Waals surface area contributed by atoms with Gasteiger partial charge >= 0.3 is 0 Å². The van der Waals surface area contributed by atoms with Gasteiger partial charge in [-0.25, -0.2) is 9.97 Å². The number of hydrogen-bond donors (Lipinski definition) is 1. The third kappa shape index (κ3) is 3.22. The van der Waals surface area contributed by atoms with E-state index in [1.54, 1.807) is 11.3 Å². The van der Waals surface area contributed by atoms with Gasteiger partial charge < -0.3 is 15.0 Å². The number of aryl methyl sites for hydroxylation is 2. The number of anilines is 2. The van der Waals surface area contributed by atoms with E-state index < -0.39 is 0 Å². The fourth-order valence-electron chi connectivity index (χ4n) is 3.18. The number of aromatic nitrogens is 2. The molecule has 0 spiro atoms. The van der Waals surface area contributed by atoms with E-state index >= 15 is 0 Å². The summed E-state index contributed by atoms with van der Waals surface area (Å²) in [5, 5.41) is 3.83. The molecule has 0 atom stereocenters. The monoisotopic (exact) mass is 368 g/mol. The van der Waals surface area contributed by atoms with Gasteiger partial charge in [0.1, 0.15) is 11.2 Å². The number of fused-ring (bicyclic) bond motifs is 3. The number of nitrogens with zero attached hydrogens (tertiary/aromatic N) is 3. The lowest BCUT2D eigenvalue weighted by atomic mass is 10.2. The van der Waals surface area contributed by atoms with Crippen molar-refractivity contribution in [2.24, 2.45) is 0 Å². The smallest absolute Gasteiger partial charge is 0.262 e. The second-order valence-electron chi connectivity index (χ2n) is 6.49. The molecule has 0 bridgehead atoms. The minimum Gasteiger partial charge on any atom is -0.467 e. The van der Waals surface area contributed by atoms with Crippen LogP contribution in [0.4, 0.5) is 11.4 Å². The molecule has 2 aromatic heterocycles. The zero-order valence-electron chi connectivity index (χ0n) is 14.8. The van der Waals surface area contributed by atoms with Crippen molar-refractivity contribution in [3.05, 3.63) is 41.0 Å². The molecule has 1 N–H and O–H groups in total. The van der Waals surface area contributed by atoms with Gasteiger partial charge in [0.05, 0.1) is 5.39 Å². The van der Waals surface area contributed by atoms with E-state index in [1.165, 1.54) is 16.8 Å². The zero-order valence-corrected chi connectivity index (χ0v) is 15.6. The summed E-state index contributed by atoms with van der Waals surface area (Å²) < 4.78 is 5.73. The first-order valence-corrected chi connectivity index (χ1v) is 9.39. The molecule has 3 aromatic rings. The quantitative estimate of drug-likeness (QED) is 0.749. The summed E-state index contributed by atoms with van der Waals surface area (Å²) in [6, 6.07) is 7.67. The Morgan fingerprint density at radius 3 is 2.81 bits per heavy atom. The summed E-state index contributed by atoms with van der Waals surface area (Å²) in [4.78, 5) is 25.1. The van der Waals surface area contributed by atoms with Gasteiger partial charge in [-0.2, -0.15) is 0 Å². The van der Waals surface area contributed by atoms with Crippen molar-refractivity contribution >= 4 is 38.8 Å². The van der Waals surface area contributed by atoms with Crippen molar-refractivity contribution in [1.82, 2.24) is 9.97 Å². The molecule has 0 radical (unpaired) electrons. The fraction of sp³-hybridized carbons (Fsp3) is 0.316. The number of carbonyl (C=O) groups excluding carboxylic acids is 1. The maximum atomic E-state index is 12.2. The van der Waals surface area contributed by atoms with E-state index in [2.05, 4.69) is 15.3 Å². The van der Waals surface area contributed by atoms with Crippen LogP contribution in [-0.2, 0) is 17.6 Å². The first-order chi connectivity index (χ1) is 12.6. The molecule has 26 heavy (non-hydrogen) atoms. The second-order valence-corrected chi connectivity index (χ2v) is 7.58. The van der Waals surface area contributed by atoms with E-state index in [4.69, 9.17) is 4.74 Å². The van der Waals surface area contributed by atoms with Gasteiger partial charge in [0, 0.05) is 30.3 Å². The van der Waals surface area contributed by atoms with Crippen LogP contribution in [0.15, 0.2) is 30.6 Å². The predicted octanol–water partition coefficient (Wildman–Crippen LogP) is 3.26. The van der Waals surface area contributed by atoms with Crippen LogP contribution in [0.25, 0.3) is 10.2 Å². The van der Waals surface area contributed by atoms with Gasteiger partial charge in [0.2, 0.25) is 5.88 Å². The van der Waals surface area contributed by atoms with Crippen LogP contribution in [0.5, 0.6) is 5.88 Å². The fourth-order valence-corrected chi connectivity index (χ4v) is 4.40. The second kappa shape index (κ2) is 6.92. The minimum absolute atomic E-state index is 0.0772. The van der Waals surface area contributed by atoms with Crippen molar-refractivity contribution in [2.75, 3.05) is 30.9 Å². The lowest BCUT2D eigenvalue weighted by Gasteiger charge is -2.13. The largest absolute Gasteiger partial charge is 0.467 e. The van der Waals surface area contributed by atoms with Gasteiger partial charge in [0.25, 0.3) is 5.91 Å². The van der Waals surface area contributed by atoms with E-state index in [9.17, 15) is 4.79 Å². The number of carbonyl (C=O) groups is 1. The standard InChI is InChI=1S/C19H20N4O2S/c1-23(2)13-8-6-12(7-9-13)22-16(24)10-25-18-17-14-4-3-5-15(14)26-19(17)21-11-20-18/h6-9,11H,3-5,10H2,1-2H3,(H,22,24). The maximum Gasteiger partial charge on any atom is 0.262 e.